The fourth-order valence-corrected chi connectivity index (χ4v) is 4.69. The Hall–Kier alpha value is -3.19. The van der Waals surface area contributed by atoms with Crippen molar-refractivity contribution in [3.8, 4) is 5.82 Å². The number of benzene rings is 1. The molecule has 30 heavy (non-hydrogen) atoms. The predicted octanol–water partition coefficient (Wildman–Crippen LogP) is 4.16. The molecule has 4 rings (SSSR count). The van der Waals surface area contributed by atoms with E-state index in [2.05, 4.69) is 34.6 Å². The smallest absolute Gasteiger partial charge is 0.135 e. The van der Waals surface area contributed by atoms with Crippen molar-refractivity contribution in [2.24, 2.45) is 0 Å². The molecule has 0 spiro atoms. The van der Waals surface area contributed by atoms with Gasteiger partial charge in [0.1, 0.15) is 10.8 Å². The Balaban J connectivity index is 1.83. The molecule has 0 fully saturated rings. The molecular weight excluding hydrogens is 396 g/mol. The second-order valence-electron chi connectivity index (χ2n) is 7.59. The maximum atomic E-state index is 11.5. The minimum Gasteiger partial charge on any atom is -0.550 e. The fraction of sp³-hybridized carbons (Fsp3) is 0.261. The Morgan fingerprint density at radius 3 is 2.70 bits per heavy atom. The van der Waals surface area contributed by atoms with Crippen molar-refractivity contribution in [1.29, 1.82) is 0 Å². The van der Waals surface area contributed by atoms with Crippen LogP contribution < -0.4 is 5.11 Å². The first-order valence-corrected chi connectivity index (χ1v) is 10.7. The third kappa shape index (κ3) is 3.68. The highest BCUT2D eigenvalue weighted by atomic mass is 32.1. The molecule has 0 atom stereocenters. The minimum absolute atomic E-state index is 0.187. The van der Waals surface area contributed by atoms with Gasteiger partial charge in [-0.05, 0) is 63.1 Å². The molecular formula is C23H23N4O2S-. The zero-order valence-electron chi connectivity index (χ0n) is 17.4. The lowest BCUT2D eigenvalue weighted by Gasteiger charge is -2.15. The van der Waals surface area contributed by atoms with E-state index in [4.69, 9.17) is 0 Å². The van der Waals surface area contributed by atoms with Crippen molar-refractivity contribution in [3.63, 3.8) is 0 Å². The van der Waals surface area contributed by atoms with E-state index in [0.29, 0.717) is 10.6 Å². The summed E-state index contributed by atoms with van der Waals surface area (Å²) in [7, 11) is 0. The SMILES string of the molecule is Cc1cc(/C=C(\CC(=O)[O-])c2nc3ccccc3s2)c(C)n1-c1ccnn1C(C)C. The fourth-order valence-electron chi connectivity index (χ4n) is 3.71. The standard InChI is InChI=1S/C23H24N4O2S/c1-14(2)27-21(9-10-24-27)26-15(3)11-17(16(26)4)12-18(13-22(28)29)23-25-19-7-5-6-8-20(19)30-23/h5-12,14H,13H2,1-4H3,(H,28,29)/p-1/b18-12+. The molecule has 0 saturated carbocycles. The molecule has 4 aromatic rings. The van der Waals surface area contributed by atoms with Crippen LogP contribution in [-0.2, 0) is 4.79 Å². The maximum Gasteiger partial charge on any atom is 0.135 e. The Labute approximate surface area is 179 Å². The molecule has 154 valence electrons. The van der Waals surface area contributed by atoms with Gasteiger partial charge in [0.2, 0.25) is 0 Å². The largest absolute Gasteiger partial charge is 0.550 e. The minimum atomic E-state index is -1.12. The first-order valence-electron chi connectivity index (χ1n) is 9.84. The Morgan fingerprint density at radius 1 is 1.23 bits per heavy atom. The van der Waals surface area contributed by atoms with Crippen molar-refractivity contribution in [1.82, 2.24) is 19.3 Å². The molecule has 0 saturated heterocycles. The number of hydrogen-bond acceptors (Lipinski definition) is 5. The Morgan fingerprint density at radius 2 is 2.00 bits per heavy atom. The molecule has 7 heteroatoms. The van der Waals surface area contributed by atoms with Gasteiger partial charge in [-0.15, -0.1) is 11.3 Å². The van der Waals surface area contributed by atoms with Gasteiger partial charge in [0.05, 0.1) is 16.4 Å². The molecule has 0 aliphatic rings. The van der Waals surface area contributed by atoms with Gasteiger partial charge in [-0.1, -0.05) is 12.1 Å². The quantitative estimate of drug-likeness (QED) is 0.470. The Kier molecular flexibility index (Phi) is 5.30. The topological polar surface area (TPSA) is 75.8 Å². The number of carboxylic acid groups (broad SMARTS) is 1. The van der Waals surface area contributed by atoms with E-state index < -0.39 is 5.97 Å². The summed E-state index contributed by atoms with van der Waals surface area (Å²) in [5.74, 6) is -0.131. The van der Waals surface area contributed by atoms with Crippen LogP contribution in [0.1, 0.15) is 48.3 Å². The molecule has 0 aliphatic carbocycles. The van der Waals surface area contributed by atoms with Crippen LogP contribution in [0.3, 0.4) is 0 Å². The lowest BCUT2D eigenvalue weighted by atomic mass is 10.1. The number of aliphatic carboxylic acids is 1. The number of fused-ring (bicyclic) bond motifs is 1. The summed E-state index contributed by atoms with van der Waals surface area (Å²) in [4.78, 5) is 16.1. The summed E-state index contributed by atoms with van der Waals surface area (Å²) in [6.07, 6.45) is 3.53. The number of rotatable bonds is 6. The van der Waals surface area contributed by atoms with Crippen LogP contribution in [0.4, 0.5) is 0 Å². The van der Waals surface area contributed by atoms with Gasteiger partial charge in [-0.25, -0.2) is 9.67 Å². The number of para-hydroxylation sites is 1. The van der Waals surface area contributed by atoms with E-state index in [0.717, 1.165) is 33.0 Å². The average molecular weight is 420 g/mol. The summed E-state index contributed by atoms with van der Waals surface area (Å²) in [5, 5.41) is 16.6. The average Bonchev–Trinajstić information content (AvgIpc) is 3.38. The van der Waals surface area contributed by atoms with Crippen LogP contribution in [0.15, 0.2) is 42.6 Å². The molecule has 0 unspecified atom stereocenters. The molecule has 0 bridgehead atoms. The van der Waals surface area contributed by atoms with Crippen molar-refractivity contribution >= 4 is 39.2 Å². The number of carbonyl (C=O) groups is 1. The molecule has 0 N–H and O–H groups in total. The highest BCUT2D eigenvalue weighted by molar-refractivity contribution is 7.19. The lowest BCUT2D eigenvalue weighted by Crippen LogP contribution is -2.22. The lowest BCUT2D eigenvalue weighted by molar-refractivity contribution is -0.304. The third-order valence-corrected chi connectivity index (χ3v) is 6.18. The zero-order valence-corrected chi connectivity index (χ0v) is 18.2. The number of hydrogen-bond donors (Lipinski definition) is 0. The number of aryl methyl sites for hydroxylation is 1. The van der Waals surface area contributed by atoms with Crippen LogP contribution in [0, 0.1) is 13.8 Å². The first-order chi connectivity index (χ1) is 14.3. The summed E-state index contributed by atoms with van der Waals surface area (Å²) in [6.45, 7) is 8.26. The van der Waals surface area contributed by atoms with Crippen LogP contribution in [-0.4, -0.2) is 25.3 Å². The van der Waals surface area contributed by atoms with Crippen LogP contribution in [0.25, 0.3) is 27.7 Å². The van der Waals surface area contributed by atoms with E-state index in [9.17, 15) is 9.90 Å². The normalized spacial score (nSPS) is 12.2. The summed E-state index contributed by atoms with van der Waals surface area (Å²) >= 11 is 1.50. The maximum absolute atomic E-state index is 11.5. The van der Waals surface area contributed by atoms with E-state index >= 15 is 0 Å². The number of nitrogens with zero attached hydrogens (tertiary/aromatic N) is 4. The first kappa shape index (κ1) is 20.1. The van der Waals surface area contributed by atoms with Gasteiger partial charge in [0.25, 0.3) is 0 Å². The second kappa shape index (κ2) is 7.91. The molecule has 3 aromatic heterocycles. The van der Waals surface area contributed by atoms with Crippen LogP contribution in [0.5, 0.6) is 0 Å². The van der Waals surface area contributed by atoms with Crippen molar-refractivity contribution in [3.05, 3.63) is 64.6 Å². The monoisotopic (exact) mass is 419 g/mol. The molecule has 0 amide bonds. The van der Waals surface area contributed by atoms with E-state index in [1.54, 1.807) is 6.20 Å². The van der Waals surface area contributed by atoms with Gasteiger partial charge in [-0.2, -0.15) is 5.10 Å². The van der Waals surface area contributed by atoms with Crippen LogP contribution >= 0.6 is 11.3 Å². The number of carbonyl (C=O) groups excluding carboxylic acids is 1. The van der Waals surface area contributed by atoms with E-state index in [1.807, 2.05) is 54.9 Å². The van der Waals surface area contributed by atoms with Crippen LogP contribution in [0.2, 0.25) is 0 Å². The van der Waals surface area contributed by atoms with Gasteiger partial charge in [-0.3, -0.25) is 0 Å². The molecule has 6 nitrogen and oxygen atoms in total. The molecule has 0 aliphatic heterocycles. The molecule has 0 radical (unpaired) electrons. The molecule has 3 heterocycles. The zero-order chi connectivity index (χ0) is 21.4. The third-order valence-electron chi connectivity index (χ3n) is 5.07. The van der Waals surface area contributed by atoms with Crippen molar-refractivity contribution in [2.45, 2.75) is 40.2 Å². The Bertz CT molecular complexity index is 1230. The van der Waals surface area contributed by atoms with E-state index in [-0.39, 0.29) is 12.5 Å². The second-order valence-corrected chi connectivity index (χ2v) is 8.63. The number of carboxylic acids is 1. The highest BCUT2D eigenvalue weighted by Gasteiger charge is 2.16. The summed E-state index contributed by atoms with van der Waals surface area (Å²) < 4.78 is 5.15. The highest BCUT2D eigenvalue weighted by Crippen LogP contribution is 2.32. The van der Waals surface area contributed by atoms with Crippen molar-refractivity contribution in [2.75, 3.05) is 0 Å². The number of aromatic nitrogens is 4. The van der Waals surface area contributed by atoms with Gasteiger partial charge in [0.15, 0.2) is 0 Å². The molecule has 1 aromatic carbocycles. The predicted molar refractivity (Wildman–Crippen MR) is 119 cm³/mol. The van der Waals surface area contributed by atoms with Crippen molar-refractivity contribution < 1.29 is 9.90 Å². The summed E-state index contributed by atoms with van der Waals surface area (Å²) in [5.41, 5.74) is 4.55. The van der Waals surface area contributed by atoms with E-state index in [1.165, 1.54) is 11.3 Å². The van der Waals surface area contributed by atoms with Gasteiger partial charge in [0, 0.05) is 35.9 Å². The van der Waals surface area contributed by atoms with Gasteiger partial charge < -0.3 is 14.5 Å². The summed E-state index contributed by atoms with van der Waals surface area (Å²) in [6, 6.07) is 12.1. The number of thiazole rings is 1. The van der Waals surface area contributed by atoms with Gasteiger partial charge >= 0.3 is 0 Å².